The molecule has 0 atom stereocenters. The topological polar surface area (TPSA) is 89.3 Å². The van der Waals surface area contributed by atoms with Gasteiger partial charge in [-0.3, -0.25) is 4.79 Å². The smallest absolute Gasteiger partial charge is 0.238 e. The predicted molar refractivity (Wildman–Crippen MR) is 125 cm³/mol. The molecule has 0 unspecified atom stereocenters. The van der Waals surface area contributed by atoms with E-state index in [-0.39, 0.29) is 26.7 Å². The molecule has 0 saturated carbocycles. The largest absolute Gasteiger partial charge is 0.428 e. The minimum Gasteiger partial charge on any atom is -0.428 e. The number of thiophene rings is 1. The summed E-state index contributed by atoms with van der Waals surface area (Å²) in [5.74, 6) is -0.776. The molecule has 2 aromatic heterocycles. The fraction of sp³-hybridized carbons (Fsp3) is 0.0476. The monoisotopic (exact) mass is 552 g/mol. The van der Waals surface area contributed by atoms with Crippen molar-refractivity contribution in [3.05, 3.63) is 76.3 Å². The lowest BCUT2D eigenvalue weighted by atomic mass is 10.3. The van der Waals surface area contributed by atoms with Crippen LogP contribution < -0.4 is 5.32 Å². The summed E-state index contributed by atoms with van der Waals surface area (Å²) in [7, 11) is -3.98. The molecule has 0 spiro atoms. The van der Waals surface area contributed by atoms with Gasteiger partial charge < -0.3 is 9.73 Å². The molecule has 2 heterocycles. The number of nitrogens with one attached hydrogen (secondary N) is 1. The van der Waals surface area contributed by atoms with Crippen LogP contribution in [0.15, 0.2) is 89.9 Å². The number of carbonyl (C=O) groups excluding carboxylic acids is 1. The van der Waals surface area contributed by atoms with Crippen molar-refractivity contribution in [2.45, 2.75) is 15.0 Å². The molecule has 0 aliphatic rings. The van der Waals surface area contributed by atoms with Gasteiger partial charge in [0.05, 0.1) is 15.5 Å². The maximum Gasteiger partial charge on any atom is 0.238 e. The summed E-state index contributed by atoms with van der Waals surface area (Å²) in [5, 5.41) is 4.23. The van der Waals surface area contributed by atoms with Gasteiger partial charge in [0.15, 0.2) is 0 Å². The number of nitrogens with zero attached hydrogens (tertiary/aromatic N) is 1. The van der Waals surface area contributed by atoms with Crippen LogP contribution in [0.2, 0.25) is 0 Å². The van der Waals surface area contributed by atoms with Gasteiger partial charge in [-0.15, -0.1) is 11.3 Å². The van der Waals surface area contributed by atoms with Crippen LogP contribution in [-0.2, 0) is 14.6 Å². The third-order valence-electron chi connectivity index (χ3n) is 4.14. The molecule has 164 valence electrons. The van der Waals surface area contributed by atoms with Gasteiger partial charge in [-0.05, 0) is 60.0 Å². The molecule has 0 bridgehead atoms. The Hall–Kier alpha value is -2.47. The van der Waals surface area contributed by atoms with Gasteiger partial charge in [0, 0.05) is 10.2 Å². The van der Waals surface area contributed by atoms with Crippen LogP contribution >= 0.6 is 39.0 Å². The van der Waals surface area contributed by atoms with Crippen molar-refractivity contribution < 1.29 is 22.0 Å². The van der Waals surface area contributed by atoms with E-state index in [1.165, 1.54) is 47.7 Å². The summed E-state index contributed by atoms with van der Waals surface area (Å²) in [4.78, 5) is 17.3. The number of carbonyl (C=O) groups is 1. The number of benzene rings is 2. The highest BCUT2D eigenvalue weighted by Crippen LogP contribution is 2.36. The van der Waals surface area contributed by atoms with Crippen LogP contribution in [0.1, 0.15) is 0 Å². The predicted octanol–water partition coefficient (Wildman–Crippen LogP) is 5.87. The zero-order valence-electron chi connectivity index (χ0n) is 16.1. The van der Waals surface area contributed by atoms with Crippen LogP contribution in [0, 0.1) is 5.82 Å². The third-order valence-corrected chi connectivity index (χ3v) is 8.28. The van der Waals surface area contributed by atoms with Crippen molar-refractivity contribution >= 4 is 60.5 Å². The van der Waals surface area contributed by atoms with E-state index in [0.29, 0.717) is 10.6 Å². The number of hydrogen-bond donors (Lipinski definition) is 1. The van der Waals surface area contributed by atoms with Crippen molar-refractivity contribution in [2.75, 3.05) is 11.1 Å². The summed E-state index contributed by atoms with van der Waals surface area (Å²) in [6.07, 6.45) is 0. The van der Waals surface area contributed by atoms with Crippen LogP contribution in [0.25, 0.3) is 10.8 Å². The number of aromatic nitrogens is 1. The molecule has 0 fully saturated rings. The Morgan fingerprint density at radius 2 is 1.84 bits per heavy atom. The molecule has 11 heteroatoms. The quantitative estimate of drug-likeness (QED) is 0.288. The summed E-state index contributed by atoms with van der Waals surface area (Å²) in [5.41, 5.74) is 0.427. The molecule has 1 amide bonds. The Labute approximate surface area is 199 Å². The van der Waals surface area contributed by atoms with E-state index in [9.17, 15) is 17.6 Å². The Balaban J connectivity index is 1.61. The number of hydrogen-bond acceptors (Lipinski definition) is 7. The maximum atomic E-state index is 13.2. The average Bonchev–Trinajstić information content (AvgIpc) is 3.44. The summed E-state index contributed by atoms with van der Waals surface area (Å²) >= 11 is 5.57. The number of amides is 1. The van der Waals surface area contributed by atoms with Crippen LogP contribution in [0.3, 0.4) is 0 Å². The Kier molecular flexibility index (Phi) is 6.79. The number of halogens is 2. The van der Waals surface area contributed by atoms with Gasteiger partial charge in [0.2, 0.25) is 31.8 Å². The van der Waals surface area contributed by atoms with Crippen LogP contribution in [0.4, 0.5) is 10.1 Å². The Morgan fingerprint density at radius 1 is 1.12 bits per heavy atom. The highest BCUT2D eigenvalue weighted by molar-refractivity contribution is 9.10. The second-order valence-corrected chi connectivity index (χ2v) is 11.1. The summed E-state index contributed by atoms with van der Waals surface area (Å²) in [6.45, 7) is 0. The highest BCUT2D eigenvalue weighted by Gasteiger charge is 2.29. The van der Waals surface area contributed by atoms with E-state index in [2.05, 4.69) is 26.2 Å². The standard InChI is InChI=1S/C21H14BrFN2O4S3/c22-13-3-9-16(10-4-13)32(27,28)20-21(29-19(25-20)17-2-1-11-30-17)31-12-18(26)24-15-7-5-14(23)6-8-15/h1-11H,12H2,(H,24,26). The van der Waals surface area contributed by atoms with Crippen molar-refractivity contribution in [3.63, 3.8) is 0 Å². The molecule has 0 radical (unpaired) electrons. The van der Waals surface area contributed by atoms with Gasteiger partial charge in [0.1, 0.15) is 5.82 Å². The fourth-order valence-corrected chi connectivity index (χ4v) is 5.89. The van der Waals surface area contributed by atoms with Gasteiger partial charge in [-0.25, -0.2) is 12.8 Å². The number of oxazole rings is 1. The van der Waals surface area contributed by atoms with Gasteiger partial charge in [-0.2, -0.15) is 4.98 Å². The summed E-state index contributed by atoms with van der Waals surface area (Å²) < 4.78 is 46.0. The SMILES string of the molecule is O=C(CSc1oc(-c2cccs2)nc1S(=O)(=O)c1ccc(Br)cc1)Nc1ccc(F)cc1. The van der Waals surface area contributed by atoms with Crippen molar-refractivity contribution in [1.29, 1.82) is 0 Å². The van der Waals surface area contributed by atoms with Crippen LogP contribution in [-0.4, -0.2) is 25.1 Å². The minimum absolute atomic E-state index is 0.0191. The van der Waals surface area contributed by atoms with E-state index in [1.54, 1.807) is 24.3 Å². The second kappa shape index (κ2) is 9.57. The molecule has 4 aromatic rings. The van der Waals surface area contributed by atoms with Crippen molar-refractivity contribution in [3.8, 4) is 10.8 Å². The third kappa shape index (κ3) is 5.12. The normalized spacial score (nSPS) is 11.4. The van der Waals surface area contributed by atoms with E-state index < -0.39 is 21.6 Å². The first-order valence-corrected chi connectivity index (χ1v) is 13.2. The zero-order chi connectivity index (χ0) is 22.7. The molecule has 4 rings (SSSR count). The molecule has 0 saturated heterocycles. The first kappa shape index (κ1) is 22.7. The Morgan fingerprint density at radius 3 is 2.50 bits per heavy atom. The average molecular weight is 553 g/mol. The van der Waals surface area contributed by atoms with E-state index >= 15 is 0 Å². The van der Waals surface area contributed by atoms with Gasteiger partial charge >= 0.3 is 0 Å². The molecule has 1 N–H and O–H groups in total. The number of rotatable bonds is 7. The van der Waals surface area contributed by atoms with Crippen molar-refractivity contribution in [2.24, 2.45) is 0 Å². The number of sulfone groups is 1. The van der Waals surface area contributed by atoms with Crippen molar-refractivity contribution in [1.82, 2.24) is 4.98 Å². The molecule has 2 aromatic carbocycles. The minimum atomic E-state index is -3.98. The molecule has 32 heavy (non-hydrogen) atoms. The molecular weight excluding hydrogens is 539 g/mol. The lowest BCUT2D eigenvalue weighted by molar-refractivity contribution is -0.113. The first-order valence-electron chi connectivity index (χ1n) is 9.06. The first-order chi connectivity index (χ1) is 15.3. The Bertz CT molecular complexity index is 1340. The molecule has 0 aliphatic carbocycles. The zero-order valence-corrected chi connectivity index (χ0v) is 20.2. The van der Waals surface area contributed by atoms with E-state index in [1.807, 2.05) is 5.38 Å². The van der Waals surface area contributed by atoms with Crippen LogP contribution in [0.5, 0.6) is 0 Å². The lowest BCUT2D eigenvalue weighted by Gasteiger charge is -2.05. The molecular formula is C21H14BrFN2O4S3. The highest BCUT2D eigenvalue weighted by atomic mass is 79.9. The molecule has 6 nitrogen and oxygen atoms in total. The van der Waals surface area contributed by atoms with Gasteiger partial charge in [0.25, 0.3) is 0 Å². The molecule has 0 aliphatic heterocycles. The fourth-order valence-electron chi connectivity index (χ4n) is 2.65. The lowest BCUT2D eigenvalue weighted by Crippen LogP contribution is -2.14. The summed E-state index contributed by atoms with van der Waals surface area (Å²) in [6, 6.07) is 15.1. The second-order valence-electron chi connectivity index (χ2n) is 6.39. The van der Waals surface area contributed by atoms with E-state index in [0.717, 1.165) is 16.2 Å². The van der Waals surface area contributed by atoms with Gasteiger partial charge in [-0.1, -0.05) is 33.8 Å². The maximum absolute atomic E-state index is 13.2. The number of anilines is 1. The van der Waals surface area contributed by atoms with E-state index in [4.69, 9.17) is 4.42 Å². The number of thioether (sulfide) groups is 1.